The summed E-state index contributed by atoms with van der Waals surface area (Å²) < 4.78 is 41.8. The fraction of sp³-hybridized carbons (Fsp3) is 0.538. The van der Waals surface area contributed by atoms with E-state index in [1.807, 2.05) is 18.2 Å². The first-order valence-corrected chi connectivity index (χ1v) is 5.99. The third-order valence-electron chi connectivity index (χ3n) is 2.95. The van der Waals surface area contributed by atoms with Gasteiger partial charge in [0.15, 0.2) is 0 Å². The van der Waals surface area contributed by atoms with Gasteiger partial charge in [-0.1, -0.05) is 12.1 Å². The maximum Gasteiger partial charge on any atom is 0.390 e. The summed E-state index contributed by atoms with van der Waals surface area (Å²) in [5, 5.41) is 2.89. The van der Waals surface area contributed by atoms with E-state index < -0.39 is 18.6 Å². The lowest BCUT2D eigenvalue weighted by molar-refractivity contribution is -0.139. The van der Waals surface area contributed by atoms with Crippen LogP contribution >= 0.6 is 0 Å². The molecule has 1 heterocycles. The highest BCUT2D eigenvalue weighted by Crippen LogP contribution is 2.26. The average Bonchev–Trinajstić information content (AvgIpc) is 2.71. The molecular formula is C13H16F3NO. The molecule has 0 fully saturated rings. The topological polar surface area (TPSA) is 21.3 Å². The monoisotopic (exact) mass is 259 g/mol. The third kappa shape index (κ3) is 3.63. The molecule has 0 aliphatic carbocycles. The third-order valence-corrected chi connectivity index (χ3v) is 2.95. The van der Waals surface area contributed by atoms with E-state index in [4.69, 9.17) is 4.74 Å². The second kappa shape index (κ2) is 5.18. The van der Waals surface area contributed by atoms with E-state index in [1.165, 1.54) is 0 Å². The van der Waals surface area contributed by atoms with Crippen molar-refractivity contribution in [2.45, 2.75) is 38.5 Å². The van der Waals surface area contributed by atoms with Crippen LogP contribution in [0.4, 0.5) is 13.2 Å². The maximum absolute atomic E-state index is 12.2. The summed E-state index contributed by atoms with van der Waals surface area (Å²) in [5.74, 6) is 0.891. The van der Waals surface area contributed by atoms with Gasteiger partial charge < -0.3 is 10.1 Å². The second-order valence-electron chi connectivity index (χ2n) is 4.64. The van der Waals surface area contributed by atoms with Crippen LogP contribution in [-0.2, 0) is 13.0 Å². The molecule has 1 atom stereocenters. The van der Waals surface area contributed by atoms with Crippen molar-refractivity contribution in [3.63, 3.8) is 0 Å². The summed E-state index contributed by atoms with van der Waals surface area (Å²) in [6, 6.07) is 5.19. The van der Waals surface area contributed by atoms with Crippen LogP contribution in [0.3, 0.4) is 0 Å². The first-order chi connectivity index (χ1) is 8.44. The Morgan fingerprint density at radius 1 is 1.39 bits per heavy atom. The Hall–Kier alpha value is -1.23. The van der Waals surface area contributed by atoms with Crippen molar-refractivity contribution < 1.29 is 17.9 Å². The minimum atomic E-state index is -4.11. The van der Waals surface area contributed by atoms with Crippen molar-refractivity contribution in [1.29, 1.82) is 0 Å². The zero-order valence-electron chi connectivity index (χ0n) is 10.2. The fourth-order valence-electron chi connectivity index (χ4n) is 2.06. The number of halogens is 3. The van der Waals surface area contributed by atoms with Crippen molar-refractivity contribution in [3.8, 4) is 5.75 Å². The van der Waals surface area contributed by atoms with E-state index in [2.05, 4.69) is 5.32 Å². The smallest absolute Gasteiger partial charge is 0.390 e. The molecule has 1 aliphatic heterocycles. The Bertz CT molecular complexity index is 417. The molecule has 0 aromatic heterocycles. The molecule has 0 bridgehead atoms. The maximum atomic E-state index is 12.2. The Balaban J connectivity index is 1.87. The molecule has 0 radical (unpaired) electrons. The Morgan fingerprint density at radius 2 is 2.17 bits per heavy atom. The van der Waals surface area contributed by atoms with E-state index >= 15 is 0 Å². The molecule has 0 saturated carbocycles. The lowest BCUT2D eigenvalue weighted by Crippen LogP contribution is -2.30. The SMILES string of the molecule is CC(CC(F)(F)F)NCc1ccc2c(c1)CCO2. The Kier molecular flexibility index (Phi) is 3.80. The summed E-state index contributed by atoms with van der Waals surface area (Å²) in [4.78, 5) is 0. The van der Waals surface area contributed by atoms with Crippen molar-refractivity contribution in [2.24, 2.45) is 0 Å². The van der Waals surface area contributed by atoms with Crippen LogP contribution in [0, 0.1) is 0 Å². The molecular weight excluding hydrogens is 243 g/mol. The number of rotatable bonds is 4. The quantitative estimate of drug-likeness (QED) is 0.897. The van der Waals surface area contributed by atoms with Gasteiger partial charge in [-0.25, -0.2) is 0 Å². The summed E-state index contributed by atoms with van der Waals surface area (Å²) in [7, 11) is 0. The summed E-state index contributed by atoms with van der Waals surface area (Å²) in [5.41, 5.74) is 2.13. The zero-order valence-corrected chi connectivity index (χ0v) is 10.2. The van der Waals surface area contributed by atoms with Gasteiger partial charge in [-0.05, 0) is 24.1 Å². The summed E-state index contributed by atoms with van der Waals surface area (Å²) in [6.45, 7) is 2.69. The molecule has 5 heteroatoms. The van der Waals surface area contributed by atoms with Crippen LogP contribution in [0.25, 0.3) is 0 Å². The highest BCUT2D eigenvalue weighted by molar-refractivity contribution is 5.39. The van der Waals surface area contributed by atoms with Crippen LogP contribution in [0.15, 0.2) is 18.2 Å². The van der Waals surface area contributed by atoms with E-state index in [1.54, 1.807) is 6.92 Å². The van der Waals surface area contributed by atoms with Gasteiger partial charge in [-0.2, -0.15) is 13.2 Å². The number of ether oxygens (including phenoxy) is 1. The fourth-order valence-corrected chi connectivity index (χ4v) is 2.06. The van der Waals surface area contributed by atoms with E-state index in [0.717, 1.165) is 23.3 Å². The van der Waals surface area contributed by atoms with E-state index in [9.17, 15) is 13.2 Å². The predicted molar refractivity (Wildman–Crippen MR) is 62.6 cm³/mol. The van der Waals surface area contributed by atoms with Gasteiger partial charge in [-0.3, -0.25) is 0 Å². The largest absolute Gasteiger partial charge is 0.493 e. The summed E-state index contributed by atoms with van der Waals surface area (Å²) in [6.07, 6.45) is -4.04. The molecule has 18 heavy (non-hydrogen) atoms. The predicted octanol–water partition coefficient (Wildman–Crippen LogP) is 3.05. The summed E-state index contributed by atoms with van der Waals surface area (Å²) >= 11 is 0. The minimum Gasteiger partial charge on any atom is -0.493 e. The molecule has 0 amide bonds. The Morgan fingerprint density at radius 3 is 2.89 bits per heavy atom. The number of alkyl halides is 3. The minimum absolute atomic E-state index is 0.449. The zero-order chi connectivity index (χ0) is 13.2. The molecule has 2 nitrogen and oxygen atoms in total. The van der Waals surface area contributed by atoms with Crippen LogP contribution < -0.4 is 10.1 Å². The van der Waals surface area contributed by atoms with Gasteiger partial charge in [-0.15, -0.1) is 0 Å². The molecule has 0 spiro atoms. The van der Waals surface area contributed by atoms with Gasteiger partial charge in [0, 0.05) is 19.0 Å². The van der Waals surface area contributed by atoms with Crippen molar-refractivity contribution in [2.75, 3.05) is 6.61 Å². The Labute approximate surface area is 104 Å². The number of benzene rings is 1. The molecule has 0 saturated heterocycles. The number of hydrogen-bond donors (Lipinski definition) is 1. The first kappa shape index (κ1) is 13.2. The highest BCUT2D eigenvalue weighted by atomic mass is 19.4. The van der Waals surface area contributed by atoms with Gasteiger partial charge in [0.05, 0.1) is 13.0 Å². The lowest BCUT2D eigenvalue weighted by atomic mass is 10.1. The molecule has 1 N–H and O–H groups in total. The van der Waals surface area contributed by atoms with Crippen LogP contribution in [-0.4, -0.2) is 18.8 Å². The standard InChI is InChI=1S/C13H16F3NO/c1-9(7-13(14,15)16)17-8-10-2-3-12-11(6-10)4-5-18-12/h2-3,6,9,17H,4-5,7-8H2,1H3. The number of fused-ring (bicyclic) bond motifs is 1. The van der Waals surface area contributed by atoms with E-state index in [0.29, 0.717) is 13.2 Å². The molecule has 1 aromatic rings. The van der Waals surface area contributed by atoms with Crippen LogP contribution in [0.2, 0.25) is 0 Å². The molecule has 2 rings (SSSR count). The van der Waals surface area contributed by atoms with Gasteiger partial charge >= 0.3 is 6.18 Å². The van der Waals surface area contributed by atoms with Gasteiger partial charge in [0.1, 0.15) is 5.75 Å². The normalized spacial score (nSPS) is 16.2. The molecule has 1 unspecified atom stereocenters. The van der Waals surface area contributed by atoms with E-state index in [-0.39, 0.29) is 0 Å². The lowest BCUT2D eigenvalue weighted by Gasteiger charge is -2.16. The van der Waals surface area contributed by atoms with Crippen LogP contribution in [0.1, 0.15) is 24.5 Å². The van der Waals surface area contributed by atoms with Crippen molar-refractivity contribution in [1.82, 2.24) is 5.32 Å². The van der Waals surface area contributed by atoms with Crippen molar-refractivity contribution in [3.05, 3.63) is 29.3 Å². The van der Waals surface area contributed by atoms with Gasteiger partial charge in [0.25, 0.3) is 0 Å². The average molecular weight is 259 g/mol. The second-order valence-corrected chi connectivity index (χ2v) is 4.64. The molecule has 100 valence electrons. The van der Waals surface area contributed by atoms with Crippen molar-refractivity contribution >= 4 is 0 Å². The number of hydrogen-bond acceptors (Lipinski definition) is 2. The number of nitrogens with one attached hydrogen (secondary N) is 1. The molecule has 1 aliphatic rings. The van der Waals surface area contributed by atoms with Gasteiger partial charge in [0.2, 0.25) is 0 Å². The highest BCUT2D eigenvalue weighted by Gasteiger charge is 2.29. The van der Waals surface area contributed by atoms with Crippen LogP contribution in [0.5, 0.6) is 5.75 Å². The first-order valence-electron chi connectivity index (χ1n) is 5.99. The molecule has 1 aromatic carbocycles.